The standard InChI is InChI=1S/C41H40P4.4ClH.2Pd/c1-7-19-36(20-8-1)42(31-33-44(38-23-11-3-12-24-38)39-25-13-4-14-26-39)35-43(37-21-9-2-10-22-37)32-34-45(40-27-15-5-16-28-40)41-29-17-6-18-30-41;;;;;;/h1-30H,31-35H2;4*1H;;/q;;;;;2*+2. The zero-order chi connectivity index (χ0) is 35.9. The monoisotopic (exact) mass is 1010 g/mol. The molecule has 6 rings (SSSR count). The molecule has 0 aromatic heterocycles. The average molecular weight is 1020 g/mol. The van der Waals surface area contributed by atoms with E-state index in [1.165, 1.54) is 51.8 Å². The van der Waals surface area contributed by atoms with E-state index in [2.05, 4.69) is 182 Å². The smallest absolute Gasteiger partial charge is 0.0620 e. The summed E-state index contributed by atoms with van der Waals surface area (Å²) in [4.78, 5) is 0. The number of hydrogen-bond acceptors (Lipinski definition) is 0. The van der Waals surface area contributed by atoms with Crippen LogP contribution in [-0.2, 0) is 31.9 Å². The van der Waals surface area contributed by atoms with Crippen molar-refractivity contribution < 1.29 is 31.9 Å². The zero-order valence-corrected chi connectivity index (χ0v) is 38.1. The minimum absolute atomic E-state index is 0.106. The molecule has 2 unspecified atom stereocenters. The first kappa shape index (κ1) is 43.3. The number of benzene rings is 6. The van der Waals surface area contributed by atoms with Gasteiger partial charge in [0.25, 0.3) is 0 Å². The molecule has 0 saturated heterocycles. The van der Waals surface area contributed by atoms with Crippen molar-refractivity contribution in [3.8, 4) is 0 Å². The quantitative estimate of drug-likeness (QED) is 0.0754. The van der Waals surface area contributed by atoms with Crippen LogP contribution in [0.4, 0.5) is 0 Å². The number of halogens is 4. The Hall–Kier alpha value is -0.475. The Labute approximate surface area is 342 Å². The van der Waals surface area contributed by atoms with E-state index >= 15 is 0 Å². The molecule has 0 spiro atoms. The summed E-state index contributed by atoms with van der Waals surface area (Å²) in [5.74, 6) is 1.38. The van der Waals surface area contributed by atoms with Gasteiger partial charge >= 0.3 is 70.0 Å². The van der Waals surface area contributed by atoms with E-state index in [1.54, 1.807) is 10.6 Å². The Morgan fingerprint density at radius 2 is 0.490 bits per heavy atom. The van der Waals surface area contributed by atoms with Crippen LogP contribution in [0.3, 0.4) is 0 Å². The third-order valence-corrected chi connectivity index (χ3v) is 22.7. The fourth-order valence-electron chi connectivity index (χ4n) is 6.29. The zero-order valence-electron chi connectivity index (χ0n) is 28.0. The third kappa shape index (κ3) is 15.3. The van der Waals surface area contributed by atoms with E-state index in [-0.39, 0.29) is 31.9 Å². The normalized spacial score (nSPS) is 12.0. The van der Waals surface area contributed by atoms with Crippen LogP contribution in [-0.4, -0.2) is 30.6 Å². The van der Waals surface area contributed by atoms with Crippen molar-refractivity contribution in [1.29, 1.82) is 0 Å². The Kier molecular flexibility index (Phi) is 22.3. The molecule has 0 aliphatic carbocycles. The first-order chi connectivity index (χ1) is 25.2. The molecule has 0 nitrogen and oxygen atoms in total. The van der Waals surface area contributed by atoms with Gasteiger partial charge in [-0.3, -0.25) is 0 Å². The van der Waals surface area contributed by atoms with Crippen LogP contribution in [0.5, 0.6) is 0 Å². The molecule has 0 bridgehead atoms. The van der Waals surface area contributed by atoms with E-state index in [0.717, 1.165) is 0 Å². The van der Waals surface area contributed by atoms with Gasteiger partial charge in [0.05, 0.1) is 75.8 Å². The van der Waals surface area contributed by atoms with Crippen LogP contribution in [0.1, 0.15) is 0 Å². The van der Waals surface area contributed by atoms with E-state index in [9.17, 15) is 0 Å². The van der Waals surface area contributed by atoms with Gasteiger partial charge in [0.15, 0.2) is 5.90 Å². The molecule has 0 radical (unpaired) electrons. The summed E-state index contributed by atoms with van der Waals surface area (Å²) in [7, 11) is 16.0. The topological polar surface area (TPSA) is 0 Å². The predicted molar refractivity (Wildman–Crippen MR) is 237 cm³/mol. The molecule has 0 heterocycles. The fourth-order valence-corrected chi connectivity index (χ4v) is 21.9. The molecule has 6 aromatic carbocycles. The maximum atomic E-state index is 4.81. The number of rotatable bonds is 14. The van der Waals surface area contributed by atoms with Gasteiger partial charge < -0.3 is 0 Å². The maximum Gasteiger partial charge on any atom is 0.165 e. The van der Waals surface area contributed by atoms with E-state index in [4.69, 9.17) is 38.1 Å². The minimum atomic E-state index is -0.856. The molecular formula is C41H44Cl4P4Pd2+4. The van der Waals surface area contributed by atoms with Crippen molar-refractivity contribution >= 4 is 102 Å². The fraction of sp³-hybridized carbons (Fsp3) is 0.122. The third-order valence-electron chi connectivity index (χ3n) is 8.63. The van der Waals surface area contributed by atoms with Crippen molar-refractivity contribution in [3.63, 3.8) is 0 Å². The van der Waals surface area contributed by atoms with Crippen molar-refractivity contribution in [2.24, 2.45) is 0 Å². The molecule has 6 aromatic rings. The predicted octanol–water partition coefficient (Wildman–Crippen LogP) is 10.5. The van der Waals surface area contributed by atoms with Gasteiger partial charge in [-0.25, -0.2) is 0 Å². The van der Waals surface area contributed by atoms with Crippen LogP contribution in [0, 0.1) is 0 Å². The van der Waals surface area contributed by atoms with Crippen molar-refractivity contribution in [2.45, 2.75) is 0 Å². The van der Waals surface area contributed by atoms with Crippen molar-refractivity contribution in [3.05, 3.63) is 182 Å². The summed E-state index contributed by atoms with van der Waals surface area (Å²) < 4.78 is 0. The summed E-state index contributed by atoms with van der Waals surface area (Å²) in [5, 5.41) is 9.37. The van der Waals surface area contributed by atoms with Gasteiger partial charge in [-0.2, -0.15) is 0 Å². The van der Waals surface area contributed by atoms with E-state index in [0.29, 0.717) is 0 Å². The summed E-state index contributed by atoms with van der Waals surface area (Å²) in [6.07, 6.45) is 5.22. The van der Waals surface area contributed by atoms with Gasteiger partial charge in [-0.15, -0.1) is 0 Å². The van der Waals surface area contributed by atoms with E-state index < -0.39 is 31.7 Å². The second-order valence-electron chi connectivity index (χ2n) is 11.6. The Bertz CT molecular complexity index is 1520. The van der Waals surface area contributed by atoms with E-state index in [1.807, 2.05) is 0 Å². The van der Waals surface area contributed by atoms with Gasteiger partial charge in [0.1, 0.15) is 12.3 Å². The van der Waals surface area contributed by atoms with Gasteiger partial charge in [-0.1, -0.05) is 109 Å². The van der Waals surface area contributed by atoms with Crippen molar-refractivity contribution in [2.75, 3.05) is 30.6 Å². The molecule has 2 atom stereocenters. The first-order valence-electron chi connectivity index (χ1n) is 16.6. The minimum Gasteiger partial charge on any atom is -0.0620 e. The van der Waals surface area contributed by atoms with Gasteiger partial charge in [0, 0.05) is 0 Å². The van der Waals surface area contributed by atoms with Gasteiger partial charge in [-0.05, 0) is 72.8 Å². The van der Waals surface area contributed by atoms with Crippen LogP contribution in [0.2, 0.25) is 0 Å². The molecule has 51 heavy (non-hydrogen) atoms. The summed E-state index contributed by atoms with van der Waals surface area (Å²) in [6, 6.07) is 68.5. The van der Waals surface area contributed by atoms with Crippen LogP contribution in [0.15, 0.2) is 182 Å². The van der Waals surface area contributed by atoms with Crippen LogP contribution >= 0.6 is 69.8 Å². The van der Waals surface area contributed by atoms with Crippen LogP contribution in [0.25, 0.3) is 0 Å². The second-order valence-corrected chi connectivity index (χ2v) is 27.6. The van der Waals surface area contributed by atoms with Gasteiger partial charge in [0.2, 0.25) is 0 Å². The summed E-state index contributed by atoms with van der Waals surface area (Å²) >= 11 is -0.211. The molecule has 10 heteroatoms. The molecule has 0 fully saturated rings. The second kappa shape index (κ2) is 26.4. The summed E-state index contributed by atoms with van der Waals surface area (Å²) in [6.45, 7) is 0. The Morgan fingerprint density at radius 3 is 0.706 bits per heavy atom. The summed E-state index contributed by atoms with van der Waals surface area (Å²) in [5.41, 5.74) is 0. The molecule has 0 N–H and O–H groups in total. The molecular weight excluding hydrogens is 971 g/mol. The molecule has 272 valence electrons. The maximum absolute atomic E-state index is 4.81. The molecule has 0 amide bonds. The Morgan fingerprint density at radius 1 is 0.294 bits per heavy atom. The van der Waals surface area contributed by atoms with Crippen molar-refractivity contribution in [1.82, 2.24) is 0 Å². The van der Waals surface area contributed by atoms with Crippen LogP contribution < -0.4 is 31.8 Å². The molecule has 0 aliphatic heterocycles. The first-order valence-corrected chi connectivity index (χ1v) is 31.8. The molecule has 0 saturated carbocycles. The largest absolute Gasteiger partial charge is 0.165 e. The SMILES string of the molecule is [Cl][Pd][Cl].[Cl][Pd][Cl].c1ccc([PH+](CC[PH+](c2ccccc2)c2ccccc2)C[PH+](CC[PH+](c2ccccc2)c2ccccc2)c2ccccc2)cc1. The average Bonchev–Trinajstić information content (AvgIpc) is 3.20. The molecule has 0 aliphatic rings. The Balaban J connectivity index is 0.000000909. The number of hydrogen-bond donors (Lipinski definition) is 0.